The van der Waals surface area contributed by atoms with Crippen molar-refractivity contribution in [1.82, 2.24) is 0 Å². The van der Waals surface area contributed by atoms with Crippen LogP contribution < -0.4 is 0 Å². The molecule has 1 nitrogen and oxygen atoms in total. The zero-order valence-corrected chi connectivity index (χ0v) is 13.0. The van der Waals surface area contributed by atoms with Crippen LogP contribution in [0.3, 0.4) is 0 Å². The maximum Gasteiger partial charge on any atom is 0.133 e. The van der Waals surface area contributed by atoms with Gasteiger partial charge >= 0.3 is 0 Å². The first-order valence-electron chi connectivity index (χ1n) is 8.70. The lowest BCUT2D eigenvalue weighted by molar-refractivity contribution is -0.118. The van der Waals surface area contributed by atoms with Gasteiger partial charge < -0.3 is 0 Å². The van der Waals surface area contributed by atoms with E-state index in [1.165, 1.54) is 38.5 Å². The zero-order chi connectivity index (χ0) is 14.0. The van der Waals surface area contributed by atoms with Crippen molar-refractivity contribution in [3.63, 3.8) is 0 Å². The second-order valence-electron chi connectivity index (χ2n) is 8.68. The molecule has 0 amide bonds. The van der Waals surface area contributed by atoms with Crippen molar-refractivity contribution < 1.29 is 4.79 Å². The number of hydrogen-bond acceptors (Lipinski definition) is 1. The molecule has 4 aliphatic rings. The molecule has 0 saturated heterocycles. The fourth-order valence-corrected chi connectivity index (χ4v) is 6.62. The van der Waals surface area contributed by atoms with E-state index in [0.717, 1.165) is 30.6 Å². The summed E-state index contributed by atoms with van der Waals surface area (Å²) >= 11 is 0. The number of allylic oxidation sites excluding steroid dienone is 2. The predicted molar refractivity (Wildman–Crippen MR) is 81.3 cm³/mol. The van der Waals surface area contributed by atoms with Crippen molar-refractivity contribution in [2.75, 3.05) is 0 Å². The molecule has 20 heavy (non-hydrogen) atoms. The van der Waals surface area contributed by atoms with E-state index in [9.17, 15) is 4.79 Å². The Morgan fingerprint density at radius 1 is 1.10 bits per heavy atom. The molecule has 0 radical (unpaired) electrons. The van der Waals surface area contributed by atoms with E-state index in [0.29, 0.717) is 22.5 Å². The maximum atomic E-state index is 12.0. The smallest absolute Gasteiger partial charge is 0.133 e. The van der Waals surface area contributed by atoms with E-state index in [1.807, 2.05) is 0 Å². The lowest BCUT2D eigenvalue weighted by Gasteiger charge is -2.59. The van der Waals surface area contributed by atoms with Crippen LogP contribution in [0.4, 0.5) is 0 Å². The average Bonchev–Trinajstić information content (AvgIpc) is 2.72. The molecule has 0 aromatic heterocycles. The van der Waals surface area contributed by atoms with Crippen molar-refractivity contribution in [3.8, 4) is 0 Å². The van der Waals surface area contributed by atoms with Gasteiger partial charge in [-0.05, 0) is 73.0 Å². The minimum atomic E-state index is 0.353. The Morgan fingerprint density at radius 3 is 2.80 bits per heavy atom. The van der Waals surface area contributed by atoms with Gasteiger partial charge in [0.05, 0.1) is 0 Å². The highest BCUT2D eigenvalue weighted by atomic mass is 16.1. The molecular formula is C19H28O. The van der Waals surface area contributed by atoms with Gasteiger partial charge in [0.1, 0.15) is 5.78 Å². The quantitative estimate of drug-likeness (QED) is 0.581. The molecule has 0 bridgehead atoms. The maximum absolute atomic E-state index is 12.0. The van der Waals surface area contributed by atoms with Gasteiger partial charge in [0, 0.05) is 12.8 Å². The zero-order valence-electron chi connectivity index (χ0n) is 13.0. The van der Waals surface area contributed by atoms with Crippen molar-refractivity contribution >= 4 is 5.78 Å². The lowest BCUT2D eigenvalue weighted by atomic mass is 9.46. The Labute approximate surface area is 123 Å². The molecule has 110 valence electrons. The number of carbonyl (C=O) groups excluding carboxylic acids is 1. The molecule has 0 aliphatic heterocycles. The molecule has 4 rings (SSSR count). The first kappa shape index (κ1) is 13.1. The lowest BCUT2D eigenvalue weighted by Crippen LogP contribution is -2.51. The number of carbonyl (C=O) groups is 1. The third-order valence-corrected chi connectivity index (χ3v) is 7.78. The summed E-state index contributed by atoms with van der Waals surface area (Å²) in [7, 11) is 0. The summed E-state index contributed by atoms with van der Waals surface area (Å²) in [5.74, 6) is 3.89. The first-order valence-corrected chi connectivity index (χ1v) is 8.70. The van der Waals surface area contributed by atoms with E-state index in [-0.39, 0.29) is 0 Å². The van der Waals surface area contributed by atoms with Gasteiger partial charge in [0.25, 0.3) is 0 Å². The molecule has 0 N–H and O–H groups in total. The van der Waals surface area contributed by atoms with E-state index < -0.39 is 0 Å². The van der Waals surface area contributed by atoms with Gasteiger partial charge in [-0.3, -0.25) is 4.79 Å². The highest BCUT2D eigenvalue weighted by Crippen LogP contribution is 2.65. The van der Waals surface area contributed by atoms with Gasteiger partial charge in [-0.2, -0.15) is 0 Å². The van der Waals surface area contributed by atoms with E-state index in [2.05, 4.69) is 26.0 Å². The molecule has 0 spiro atoms. The Hall–Kier alpha value is -0.590. The Bertz CT molecular complexity index is 464. The molecule has 1 heteroatoms. The molecule has 0 aromatic rings. The molecule has 4 aliphatic carbocycles. The van der Waals surface area contributed by atoms with Crippen LogP contribution >= 0.6 is 0 Å². The summed E-state index contributed by atoms with van der Waals surface area (Å²) < 4.78 is 0. The Balaban J connectivity index is 1.67. The first-order chi connectivity index (χ1) is 9.53. The number of hydrogen-bond donors (Lipinski definition) is 0. The van der Waals surface area contributed by atoms with Crippen molar-refractivity contribution in [2.45, 2.75) is 65.2 Å². The molecule has 0 heterocycles. The van der Waals surface area contributed by atoms with Crippen molar-refractivity contribution in [2.24, 2.45) is 34.5 Å². The average molecular weight is 272 g/mol. The van der Waals surface area contributed by atoms with Crippen LogP contribution in [-0.4, -0.2) is 5.78 Å². The van der Waals surface area contributed by atoms with Crippen LogP contribution in [-0.2, 0) is 4.79 Å². The summed E-state index contributed by atoms with van der Waals surface area (Å²) in [6.45, 7) is 4.98. The SMILES string of the molecule is C[C@]12CC[C@H]3[C@@H](CCC4CC=CC[C@@]43C)[C@@H]1CC(=O)C2. The van der Waals surface area contributed by atoms with Crippen LogP contribution in [0.5, 0.6) is 0 Å². The molecule has 3 fully saturated rings. The topological polar surface area (TPSA) is 17.1 Å². The summed E-state index contributed by atoms with van der Waals surface area (Å²) in [6.07, 6.45) is 14.7. The highest BCUT2D eigenvalue weighted by Gasteiger charge is 2.58. The number of Topliss-reactive ketones (excluding diaryl/α,β-unsaturated/α-hetero) is 1. The largest absolute Gasteiger partial charge is 0.300 e. The van der Waals surface area contributed by atoms with E-state index in [4.69, 9.17) is 0 Å². The highest BCUT2D eigenvalue weighted by molar-refractivity contribution is 5.82. The van der Waals surface area contributed by atoms with Crippen LogP contribution in [0.25, 0.3) is 0 Å². The van der Waals surface area contributed by atoms with Gasteiger partial charge in [-0.25, -0.2) is 0 Å². The monoisotopic (exact) mass is 272 g/mol. The standard InChI is InChI=1S/C19H28O/c1-18-10-8-16-15(17(18)11-14(20)12-18)7-6-13-5-3-4-9-19(13,16)2/h3-4,13,15-17H,5-12H2,1-2H3/t13?,15-,16+,17+,18-,19+/m1/s1. The molecule has 3 saturated carbocycles. The Morgan fingerprint density at radius 2 is 1.95 bits per heavy atom. The van der Waals surface area contributed by atoms with Crippen LogP contribution in [0.15, 0.2) is 12.2 Å². The van der Waals surface area contributed by atoms with Gasteiger partial charge in [0.15, 0.2) is 0 Å². The molecular weight excluding hydrogens is 244 g/mol. The van der Waals surface area contributed by atoms with Crippen LogP contribution in [0, 0.1) is 34.5 Å². The third-order valence-electron chi connectivity index (χ3n) is 7.78. The fraction of sp³-hybridized carbons (Fsp3) is 0.842. The molecule has 6 atom stereocenters. The summed E-state index contributed by atoms with van der Waals surface area (Å²) in [4.78, 5) is 12.0. The van der Waals surface area contributed by atoms with E-state index >= 15 is 0 Å². The minimum absolute atomic E-state index is 0.353. The number of rotatable bonds is 0. The minimum Gasteiger partial charge on any atom is -0.300 e. The second kappa shape index (κ2) is 4.21. The van der Waals surface area contributed by atoms with E-state index in [1.54, 1.807) is 0 Å². The second-order valence-corrected chi connectivity index (χ2v) is 8.68. The normalized spacial score (nSPS) is 54.2. The van der Waals surface area contributed by atoms with Crippen LogP contribution in [0.2, 0.25) is 0 Å². The van der Waals surface area contributed by atoms with Gasteiger partial charge in [-0.1, -0.05) is 26.0 Å². The van der Waals surface area contributed by atoms with Crippen LogP contribution in [0.1, 0.15) is 65.2 Å². The van der Waals surface area contributed by atoms with Crippen molar-refractivity contribution in [1.29, 1.82) is 0 Å². The van der Waals surface area contributed by atoms with Gasteiger partial charge in [-0.15, -0.1) is 0 Å². The summed E-state index contributed by atoms with van der Waals surface area (Å²) in [6, 6.07) is 0. The number of ketones is 1. The number of fused-ring (bicyclic) bond motifs is 5. The summed E-state index contributed by atoms with van der Waals surface area (Å²) in [5, 5.41) is 0. The summed E-state index contributed by atoms with van der Waals surface area (Å²) in [5.41, 5.74) is 0.886. The predicted octanol–water partition coefficient (Wildman–Crippen LogP) is 4.76. The van der Waals surface area contributed by atoms with Gasteiger partial charge in [0.2, 0.25) is 0 Å². The fourth-order valence-electron chi connectivity index (χ4n) is 6.62. The molecule has 0 aromatic carbocycles. The molecule has 1 unspecified atom stereocenters. The third kappa shape index (κ3) is 1.64. The Kier molecular flexibility index (Phi) is 2.76. The van der Waals surface area contributed by atoms with Crippen molar-refractivity contribution in [3.05, 3.63) is 12.2 Å².